The Morgan fingerprint density at radius 1 is 1.09 bits per heavy atom. The van der Waals surface area contributed by atoms with E-state index in [1.54, 1.807) is 6.07 Å². The van der Waals surface area contributed by atoms with E-state index >= 15 is 0 Å². The lowest BCUT2D eigenvalue weighted by atomic mass is 10.1. The van der Waals surface area contributed by atoms with Gasteiger partial charge in [-0.1, -0.05) is 30.3 Å². The number of thiophene rings is 1. The van der Waals surface area contributed by atoms with Gasteiger partial charge in [0.1, 0.15) is 10.6 Å². The molecular formula is C24H17F3N2O4S2. The Morgan fingerprint density at radius 3 is 2.51 bits per heavy atom. The fourth-order valence-corrected chi connectivity index (χ4v) is 4.79. The van der Waals surface area contributed by atoms with Crippen LogP contribution in [0.5, 0.6) is 0 Å². The van der Waals surface area contributed by atoms with Crippen LogP contribution in [0, 0.1) is 0 Å². The van der Waals surface area contributed by atoms with Crippen LogP contribution >= 0.6 is 23.6 Å². The highest BCUT2D eigenvalue weighted by atomic mass is 32.1. The van der Waals surface area contributed by atoms with Crippen molar-refractivity contribution in [3.63, 3.8) is 0 Å². The zero-order valence-corrected chi connectivity index (χ0v) is 19.7. The monoisotopic (exact) mass is 518 g/mol. The average Bonchev–Trinajstić information content (AvgIpc) is 3.19. The molecule has 4 rings (SSSR count). The fourth-order valence-electron chi connectivity index (χ4n) is 3.42. The summed E-state index contributed by atoms with van der Waals surface area (Å²) in [6.07, 6.45) is -4.11. The van der Waals surface area contributed by atoms with E-state index in [0.717, 1.165) is 10.4 Å². The molecule has 0 saturated heterocycles. The van der Waals surface area contributed by atoms with E-state index in [4.69, 9.17) is 21.4 Å². The maximum atomic E-state index is 13.3. The van der Waals surface area contributed by atoms with E-state index in [9.17, 15) is 22.8 Å². The second-order valence-electron chi connectivity index (χ2n) is 7.38. The topological polar surface area (TPSA) is 80.6 Å². The second-order valence-corrected chi connectivity index (χ2v) is 8.92. The molecule has 0 amide bonds. The van der Waals surface area contributed by atoms with Crippen LogP contribution in [-0.4, -0.2) is 18.2 Å². The molecule has 4 aromatic rings. The van der Waals surface area contributed by atoms with Gasteiger partial charge in [-0.25, -0.2) is 9.59 Å². The minimum absolute atomic E-state index is 0.0805. The van der Waals surface area contributed by atoms with Gasteiger partial charge in [0.25, 0.3) is 0 Å². The Kier molecular flexibility index (Phi) is 6.90. The number of carbonyl (C=O) groups excluding carboxylic acids is 1. The Morgan fingerprint density at radius 2 is 1.83 bits per heavy atom. The number of methoxy groups -OCH3 is 1. The van der Waals surface area contributed by atoms with Crippen LogP contribution in [0.4, 0.5) is 23.9 Å². The van der Waals surface area contributed by atoms with Crippen molar-refractivity contribution >= 4 is 56.3 Å². The third-order valence-electron chi connectivity index (χ3n) is 4.94. The van der Waals surface area contributed by atoms with E-state index in [2.05, 4.69) is 10.6 Å². The van der Waals surface area contributed by atoms with Crippen molar-refractivity contribution in [3.8, 4) is 0 Å². The van der Waals surface area contributed by atoms with Gasteiger partial charge >= 0.3 is 17.8 Å². The summed E-state index contributed by atoms with van der Waals surface area (Å²) in [6.45, 7) is 0. The number of carbonyl (C=O) groups is 1. The van der Waals surface area contributed by atoms with Crippen molar-refractivity contribution in [1.29, 1.82) is 0 Å². The van der Waals surface area contributed by atoms with E-state index in [0.29, 0.717) is 23.1 Å². The van der Waals surface area contributed by atoms with E-state index in [1.807, 2.05) is 30.3 Å². The molecule has 0 bridgehead atoms. The van der Waals surface area contributed by atoms with Crippen LogP contribution in [0.15, 0.2) is 69.9 Å². The Hall–Kier alpha value is -3.70. The quantitative estimate of drug-likeness (QED) is 0.189. The van der Waals surface area contributed by atoms with Gasteiger partial charge in [-0.3, -0.25) is 0 Å². The fraction of sp³-hybridized carbons (Fsp3) is 0.125. The van der Waals surface area contributed by atoms with Gasteiger partial charge in [0, 0.05) is 34.5 Å². The van der Waals surface area contributed by atoms with Crippen LogP contribution in [0.3, 0.4) is 0 Å². The first kappa shape index (κ1) is 24.4. The molecule has 0 spiro atoms. The van der Waals surface area contributed by atoms with Crippen LogP contribution < -0.4 is 16.3 Å². The second kappa shape index (κ2) is 9.88. The Bertz CT molecular complexity index is 1460. The van der Waals surface area contributed by atoms with Gasteiger partial charge in [0.15, 0.2) is 5.11 Å². The molecule has 2 aromatic carbocycles. The van der Waals surface area contributed by atoms with Crippen LogP contribution in [0.2, 0.25) is 0 Å². The molecule has 2 N–H and O–H groups in total. The smallest absolute Gasteiger partial charge is 0.417 e. The summed E-state index contributed by atoms with van der Waals surface area (Å²) in [7, 11) is 1.27. The Balaban J connectivity index is 1.57. The van der Waals surface area contributed by atoms with E-state index in [1.165, 1.54) is 36.6 Å². The summed E-state index contributed by atoms with van der Waals surface area (Å²) in [6, 6.07) is 15.7. The molecule has 0 aliphatic rings. The zero-order chi connectivity index (χ0) is 25.2. The van der Waals surface area contributed by atoms with Gasteiger partial charge in [-0.15, -0.1) is 11.3 Å². The standard InChI is InChI=1S/C24H17F3N2O4S2/c1-32-22(31)17-11-15(9-13-5-3-2-4-6-13)35-21(17)29-23(34)28-14-7-8-16-18(24(25,26)27)12-20(30)33-19(16)10-14/h2-8,10-12H,9H2,1H3,(H2,28,29,34). The third kappa shape index (κ3) is 5.69. The lowest BCUT2D eigenvalue weighted by Crippen LogP contribution is -2.20. The van der Waals surface area contributed by atoms with Gasteiger partial charge in [0.05, 0.1) is 18.2 Å². The van der Waals surface area contributed by atoms with Gasteiger partial charge < -0.3 is 19.8 Å². The minimum atomic E-state index is -4.71. The lowest BCUT2D eigenvalue weighted by Gasteiger charge is -2.12. The number of alkyl halides is 3. The number of hydrogen-bond acceptors (Lipinski definition) is 6. The molecule has 0 radical (unpaired) electrons. The van der Waals surface area contributed by atoms with Crippen LogP contribution in [-0.2, 0) is 17.3 Å². The average molecular weight is 519 g/mol. The summed E-state index contributed by atoms with van der Waals surface area (Å²) in [5.74, 6) is -0.543. The van der Waals surface area contributed by atoms with Crippen molar-refractivity contribution < 1.29 is 27.1 Å². The van der Waals surface area contributed by atoms with Crippen molar-refractivity contribution in [2.45, 2.75) is 12.6 Å². The van der Waals surface area contributed by atoms with E-state index in [-0.39, 0.29) is 21.8 Å². The number of hydrogen-bond donors (Lipinski definition) is 2. The van der Waals surface area contributed by atoms with Crippen molar-refractivity contribution in [2.24, 2.45) is 0 Å². The molecule has 6 nitrogen and oxygen atoms in total. The molecule has 0 fully saturated rings. The van der Waals surface area contributed by atoms with Gasteiger partial charge in [-0.2, -0.15) is 13.2 Å². The molecule has 2 aromatic heterocycles. The number of esters is 1. The van der Waals surface area contributed by atoms with Crippen LogP contribution in [0.1, 0.15) is 26.4 Å². The maximum absolute atomic E-state index is 13.3. The number of nitrogens with one attached hydrogen (secondary N) is 2. The van der Waals surface area contributed by atoms with Gasteiger partial charge in [-0.05, 0) is 36.0 Å². The van der Waals surface area contributed by atoms with Crippen molar-refractivity contribution in [1.82, 2.24) is 0 Å². The molecule has 0 saturated carbocycles. The number of anilines is 2. The number of rotatable bonds is 5. The number of benzene rings is 2. The maximum Gasteiger partial charge on any atom is 0.417 e. The third-order valence-corrected chi connectivity index (χ3v) is 6.20. The molecule has 0 aliphatic carbocycles. The van der Waals surface area contributed by atoms with Crippen molar-refractivity contribution in [2.75, 3.05) is 17.7 Å². The lowest BCUT2D eigenvalue weighted by molar-refractivity contribution is -0.136. The first-order valence-corrected chi connectivity index (χ1v) is 11.3. The number of halogens is 3. The number of thiocarbonyl (C=S) groups is 1. The highest BCUT2D eigenvalue weighted by Gasteiger charge is 2.33. The molecule has 0 atom stereocenters. The molecule has 2 heterocycles. The molecule has 35 heavy (non-hydrogen) atoms. The first-order valence-electron chi connectivity index (χ1n) is 10.1. The minimum Gasteiger partial charge on any atom is -0.465 e. The summed E-state index contributed by atoms with van der Waals surface area (Å²) in [5, 5.41) is 6.06. The highest BCUT2D eigenvalue weighted by Crippen LogP contribution is 2.35. The highest BCUT2D eigenvalue weighted by molar-refractivity contribution is 7.80. The summed E-state index contributed by atoms with van der Waals surface area (Å²) >= 11 is 6.65. The number of ether oxygens (including phenoxy) is 1. The predicted molar refractivity (Wildman–Crippen MR) is 132 cm³/mol. The molecule has 180 valence electrons. The SMILES string of the molecule is COC(=O)c1cc(Cc2ccccc2)sc1NC(=S)Nc1ccc2c(C(F)(F)F)cc(=O)oc2c1. The van der Waals surface area contributed by atoms with Crippen molar-refractivity contribution in [3.05, 3.63) is 92.7 Å². The first-order chi connectivity index (χ1) is 16.6. The zero-order valence-electron chi connectivity index (χ0n) is 18.1. The van der Waals surface area contributed by atoms with Gasteiger partial charge in [0.2, 0.25) is 0 Å². The molecular weight excluding hydrogens is 501 g/mol. The predicted octanol–water partition coefficient (Wildman–Crippen LogP) is 6.06. The summed E-state index contributed by atoms with van der Waals surface area (Å²) < 4.78 is 49.6. The van der Waals surface area contributed by atoms with E-state index < -0.39 is 23.3 Å². The normalized spacial score (nSPS) is 11.3. The largest absolute Gasteiger partial charge is 0.465 e. The summed E-state index contributed by atoms with van der Waals surface area (Å²) in [4.78, 5) is 24.8. The summed E-state index contributed by atoms with van der Waals surface area (Å²) in [5.41, 5.74) is -0.786. The molecule has 0 unspecified atom stereocenters. The molecule has 11 heteroatoms. The van der Waals surface area contributed by atoms with Crippen LogP contribution in [0.25, 0.3) is 11.0 Å². The molecule has 0 aliphatic heterocycles. The number of fused-ring (bicyclic) bond motifs is 1. The Labute approximate surface area is 206 Å².